The molecular weight excluding hydrogens is 184 g/mol. The van der Waals surface area contributed by atoms with Gasteiger partial charge in [0, 0.05) is 12.8 Å². The van der Waals surface area contributed by atoms with Crippen molar-refractivity contribution in [3.63, 3.8) is 0 Å². The first kappa shape index (κ1) is 10.1. The molecule has 1 aromatic rings. The number of hydrogen-bond acceptors (Lipinski definition) is 3. The molecule has 0 amide bonds. The Balaban J connectivity index is 2.59. The summed E-state index contributed by atoms with van der Waals surface area (Å²) < 4.78 is 0. The average molecular weight is 196 g/mol. The lowest BCUT2D eigenvalue weighted by molar-refractivity contribution is -0.116. The maximum absolute atomic E-state index is 11.5. The van der Waals surface area contributed by atoms with Gasteiger partial charge in [-0.05, 0) is 30.9 Å². The normalized spacial score (nSPS) is 10.0. The number of ketones is 2. The molecule has 3 heteroatoms. The Labute approximate surface area is 81.6 Å². The summed E-state index contributed by atoms with van der Waals surface area (Å²) in [6.45, 7) is 3.42. The summed E-state index contributed by atoms with van der Waals surface area (Å²) in [6.07, 6.45) is 0.701. The zero-order valence-corrected chi connectivity index (χ0v) is 8.61. The van der Waals surface area contributed by atoms with Gasteiger partial charge in [0.1, 0.15) is 5.78 Å². The number of carbonyl (C=O) groups is 2. The molecule has 70 valence electrons. The van der Waals surface area contributed by atoms with Crippen LogP contribution in [0, 0.1) is 6.92 Å². The van der Waals surface area contributed by atoms with Crippen molar-refractivity contribution in [2.75, 3.05) is 0 Å². The van der Waals surface area contributed by atoms with Crippen LogP contribution in [-0.4, -0.2) is 11.6 Å². The van der Waals surface area contributed by atoms with Gasteiger partial charge in [-0.2, -0.15) is 0 Å². The van der Waals surface area contributed by atoms with Crippen molar-refractivity contribution in [3.05, 3.63) is 21.9 Å². The molecule has 0 atom stereocenters. The highest BCUT2D eigenvalue weighted by atomic mass is 32.1. The van der Waals surface area contributed by atoms with Crippen LogP contribution in [0.15, 0.2) is 11.4 Å². The number of carbonyl (C=O) groups excluding carboxylic acids is 2. The molecule has 1 heterocycles. The van der Waals surface area contributed by atoms with Gasteiger partial charge in [0.15, 0.2) is 5.78 Å². The van der Waals surface area contributed by atoms with Crippen LogP contribution in [0.1, 0.15) is 35.0 Å². The molecule has 0 bridgehead atoms. The molecule has 1 aromatic heterocycles. The molecule has 0 radical (unpaired) electrons. The van der Waals surface area contributed by atoms with E-state index < -0.39 is 0 Å². The molecule has 0 fully saturated rings. The van der Waals surface area contributed by atoms with Gasteiger partial charge in [0.2, 0.25) is 0 Å². The fourth-order valence-electron chi connectivity index (χ4n) is 1.06. The van der Waals surface area contributed by atoms with Crippen molar-refractivity contribution in [2.45, 2.75) is 26.7 Å². The van der Waals surface area contributed by atoms with Crippen LogP contribution < -0.4 is 0 Å². The Morgan fingerprint density at radius 1 is 1.38 bits per heavy atom. The van der Waals surface area contributed by atoms with Crippen LogP contribution in [0.4, 0.5) is 0 Å². The highest BCUT2D eigenvalue weighted by molar-refractivity contribution is 7.12. The van der Waals surface area contributed by atoms with Gasteiger partial charge in [-0.3, -0.25) is 4.79 Å². The predicted octanol–water partition coefficient (Wildman–Crippen LogP) is 2.61. The Morgan fingerprint density at radius 2 is 2.08 bits per heavy atom. The van der Waals surface area contributed by atoms with Gasteiger partial charge in [0.05, 0.1) is 4.88 Å². The van der Waals surface area contributed by atoms with E-state index in [-0.39, 0.29) is 11.6 Å². The zero-order valence-electron chi connectivity index (χ0n) is 7.79. The van der Waals surface area contributed by atoms with Gasteiger partial charge < -0.3 is 4.79 Å². The quantitative estimate of drug-likeness (QED) is 0.694. The van der Waals surface area contributed by atoms with E-state index in [2.05, 4.69) is 0 Å². The third kappa shape index (κ3) is 2.77. The van der Waals surface area contributed by atoms with E-state index in [1.807, 2.05) is 18.4 Å². The fraction of sp³-hybridized carbons (Fsp3) is 0.400. The number of hydrogen-bond donors (Lipinski definition) is 0. The number of aryl methyl sites for hydroxylation is 1. The maximum Gasteiger partial charge on any atom is 0.173 e. The molecule has 0 unspecified atom stereocenters. The van der Waals surface area contributed by atoms with E-state index in [4.69, 9.17) is 0 Å². The average Bonchev–Trinajstić information content (AvgIpc) is 2.47. The van der Waals surface area contributed by atoms with Crippen LogP contribution >= 0.6 is 11.3 Å². The number of thiophene rings is 1. The van der Waals surface area contributed by atoms with Gasteiger partial charge in [-0.25, -0.2) is 0 Å². The summed E-state index contributed by atoms with van der Waals surface area (Å²) in [4.78, 5) is 22.9. The fourth-order valence-corrected chi connectivity index (χ4v) is 1.96. The van der Waals surface area contributed by atoms with Crippen LogP contribution in [0.2, 0.25) is 0 Å². The van der Waals surface area contributed by atoms with E-state index in [0.29, 0.717) is 12.8 Å². The summed E-state index contributed by atoms with van der Waals surface area (Å²) in [5, 5.41) is 1.90. The smallest absolute Gasteiger partial charge is 0.173 e. The highest BCUT2D eigenvalue weighted by Gasteiger charge is 2.10. The van der Waals surface area contributed by atoms with E-state index in [9.17, 15) is 9.59 Å². The molecular formula is C10H12O2S. The van der Waals surface area contributed by atoms with Crippen LogP contribution in [0.5, 0.6) is 0 Å². The van der Waals surface area contributed by atoms with Gasteiger partial charge in [-0.15, -0.1) is 11.3 Å². The first-order valence-electron chi connectivity index (χ1n) is 4.18. The number of Topliss-reactive ketones (excluding diaryl/α,β-unsaturated/α-hetero) is 2. The lowest BCUT2D eigenvalue weighted by Crippen LogP contribution is -2.01. The third-order valence-electron chi connectivity index (χ3n) is 1.82. The topological polar surface area (TPSA) is 34.1 Å². The molecule has 0 saturated carbocycles. The molecule has 0 aliphatic carbocycles. The van der Waals surface area contributed by atoms with Crippen molar-refractivity contribution in [1.29, 1.82) is 0 Å². The minimum atomic E-state index is 0.0718. The Morgan fingerprint density at radius 3 is 2.54 bits per heavy atom. The Kier molecular flexibility index (Phi) is 3.37. The Bertz CT molecular complexity index is 325. The lowest BCUT2D eigenvalue weighted by atomic mass is 10.1. The van der Waals surface area contributed by atoms with E-state index in [0.717, 1.165) is 10.4 Å². The standard InChI is InChI=1S/C10H12O2S/c1-7-5-6-13-10(7)9(12)4-3-8(2)11/h5-6H,3-4H2,1-2H3. The molecule has 0 N–H and O–H groups in total. The van der Waals surface area contributed by atoms with Gasteiger partial charge in [0.25, 0.3) is 0 Å². The lowest BCUT2D eigenvalue weighted by Gasteiger charge is -1.96. The summed E-state index contributed by atoms with van der Waals surface area (Å²) in [7, 11) is 0. The molecule has 0 aromatic carbocycles. The molecule has 0 aliphatic rings. The second-order valence-electron chi connectivity index (χ2n) is 3.06. The summed E-state index contributed by atoms with van der Waals surface area (Å²) in [6, 6.07) is 1.92. The molecule has 0 aliphatic heterocycles. The second-order valence-corrected chi connectivity index (χ2v) is 3.97. The van der Waals surface area contributed by atoms with Gasteiger partial charge >= 0.3 is 0 Å². The first-order valence-corrected chi connectivity index (χ1v) is 5.06. The monoisotopic (exact) mass is 196 g/mol. The summed E-state index contributed by atoms with van der Waals surface area (Å²) in [5.74, 6) is 0.158. The van der Waals surface area contributed by atoms with Crippen LogP contribution in [-0.2, 0) is 4.79 Å². The van der Waals surface area contributed by atoms with Crippen LogP contribution in [0.25, 0.3) is 0 Å². The predicted molar refractivity (Wildman–Crippen MR) is 53.3 cm³/mol. The van der Waals surface area contributed by atoms with E-state index in [1.165, 1.54) is 18.3 Å². The molecule has 0 saturated heterocycles. The van der Waals surface area contributed by atoms with Gasteiger partial charge in [-0.1, -0.05) is 0 Å². The molecule has 13 heavy (non-hydrogen) atoms. The first-order chi connectivity index (χ1) is 6.11. The summed E-state index contributed by atoms with van der Waals surface area (Å²) >= 11 is 1.45. The highest BCUT2D eigenvalue weighted by Crippen LogP contribution is 2.18. The van der Waals surface area contributed by atoms with E-state index >= 15 is 0 Å². The molecule has 2 nitrogen and oxygen atoms in total. The Hall–Kier alpha value is -0.960. The van der Waals surface area contributed by atoms with Crippen molar-refractivity contribution < 1.29 is 9.59 Å². The number of rotatable bonds is 4. The van der Waals surface area contributed by atoms with Crippen molar-refractivity contribution in [1.82, 2.24) is 0 Å². The minimum absolute atomic E-state index is 0.0718. The molecule has 1 rings (SSSR count). The second kappa shape index (κ2) is 4.33. The van der Waals surface area contributed by atoms with Crippen molar-refractivity contribution in [2.24, 2.45) is 0 Å². The zero-order chi connectivity index (χ0) is 9.84. The minimum Gasteiger partial charge on any atom is -0.300 e. The van der Waals surface area contributed by atoms with E-state index in [1.54, 1.807) is 0 Å². The maximum atomic E-state index is 11.5. The van der Waals surface area contributed by atoms with Crippen molar-refractivity contribution in [3.8, 4) is 0 Å². The largest absolute Gasteiger partial charge is 0.300 e. The summed E-state index contributed by atoms with van der Waals surface area (Å²) in [5.41, 5.74) is 1.01. The molecule has 0 spiro atoms. The third-order valence-corrected chi connectivity index (χ3v) is 2.88. The van der Waals surface area contributed by atoms with Crippen LogP contribution in [0.3, 0.4) is 0 Å². The SMILES string of the molecule is CC(=O)CCC(=O)c1sccc1C. The van der Waals surface area contributed by atoms with Crippen molar-refractivity contribution >= 4 is 22.9 Å².